The molecule has 112 valence electrons. The number of nitrogen functional groups attached to an aromatic ring is 1. The van der Waals surface area contributed by atoms with E-state index in [0.29, 0.717) is 29.4 Å². The number of nitrogens with two attached hydrogens (primary N) is 1. The highest BCUT2D eigenvalue weighted by atomic mass is 32.2. The molecule has 6 nitrogen and oxygen atoms in total. The van der Waals surface area contributed by atoms with E-state index in [4.69, 9.17) is 10.3 Å². The van der Waals surface area contributed by atoms with Crippen LogP contribution in [0, 0.1) is 13.8 Å². The highest BCUT2D eigenvalue weighted by molar-refractivity contribution is 7.91. The molecule has 1 aliphatic heterocycles. The number of anilines is 1. The lowest BCUT2D eigenvalue weighted by Gasteiger charge is -2.06. The zero-order valence-electron chi connectivity index (χ0n) is 12.0. The SMILES string of the molecule is Cc1cc(C)c(N)c(-c2nc(C3CCS(=O)(=O)C3)no2)c1. The van der Waals surface area contributed by atoms with E-state index in [2.05, 4.69) is 10.1 Å². The maximum absolute atomic E-state index is 11.5. The molecule has 0 bridgehead atoms. The first-order valence-corrected chi connectivity index (χ1v) is 8.59. The summed E-state index contributed by atoms with van der Waals surface area (Å²) < 4.78 is 28.3. The number of hydrogen-bond donors (Lipinski definition) is 1. The Morgan fingerprint density at radius 1 is 1.33 bits per heavy atom. The standard InChI is InChI=1S/C14H17N3O3S/c1-8-5-9(2)12(15)11(6-8)14-16-13(17-20-14)10-3-4-21(18,19)7-10/h5-6,10H,3-4,7,15H2,1-2H3. The Morgan fingerprint density at radius 2 is 2.10 bits per heavy atom. The second kappa shape index (κ2) is 4.84. The molecule has 0 aliphatic carbocycles. The molecule has 2 aromatic rings. The van der Waals surface area contributed by atoms with Crippen molar-refractivity contribution in [1.29, 1.82) is 0 Å². The number of aromatic nitrogens is 2. The normalized spacial score (nSPS) is 20.8. The molecule has 0 spiro atoms. The van der Waals surface area contributed by atoms with E-state index in [9.17, 15) is 8.42 Å². The third-order valence-corrected chi connectivity index (χ3v) is 5.57. The van der Waals surface area contributed by atoms with Crippen molar-refractivity contribution in [3.05, 3.63) is 29.1 Å². The van der Waals surface area contributed by atoms with Gasteiger partial charge >= 0.3 is 0 Å². The molecule has 21 heavy (non-hydrogen) atoms. The molecule has 0 amide bonds. The highest BCUT2D eigenvalue weighted by Crippen LogP contribution is 2.32. The van der Waals surface area contributed by atoms with Crippen molar-refractivity contribution in [3.63, 3.8) is 0 Å². The molecule has 1 unspecified atom stereocenters. The van der Waals surface area contributed by atoms with Crippen LogP contribution in [0.25, 0.3) is 11.5 Å². The first-order valence-electron chi connectivity index (χ1n) is 6.77. The number of sulfone groups is 1. The monoisotopic (exact) mass is 307 g/mol. The van der Waals surface area contributed by atoms with Crippen LogP contribution in [0.4, 0.5) is 5.69 Å². The van der Waals surface area contributed by atoms with Crippen LogP contribution < -0.4 is 5.73 Å². The molecule has 1 atom stereocenters. The number of hydrogen-bond acceptors (Lipinski definition) is 6. The predicted molar refractivity (Wildman–Crippen MR) is 79.6 cm³/mol. The summed E-state index contributed by atoms with van der Waals surface area (Å²) in [6, 6.07) is 3.88. The first kappa shape index (κ1) is 14.1. The molecule has 0 radical (unpaired) electrons. The van der Waals surface area contributed by atoms with Gasteiger partial charge in [0.25, 0.3) is 5.89 Å². The Balaban J connectivity index is 1.96. The fraction of sp³-hybridized carbons (Fsp3) is 0.429. The van der Waals surface area contributed by atoms with Crippen LogP contribution in [0.1, 0.15) is 29.3 Å². The quantitative estimate of drug-likeness (QED) is 0.850. The average molecular weight is 307 g/mol. The van der Waals surface area contributed by atoms with Gasteiger partial charge in [-0.1, -0.05) is 11.2 Å². The van der Waals surface area contributed by atoms with Crippen molar-refractivity contribution in [2.45, 2.75) is 26.2 Å². The van der Waals surface area contributed by atoms with Crippen molar-refractivity contribution < 1.29 is 12.9 Å². The van der Waals surface area contributed by atoms with Gasteiger partial charge in [0.1, 0.15) is 0 Å². The molecule has 1 aliphatic rings. The number of nitrogens with zero attached hydrogens (tertiary/aromatic N) is 2. The molecule has 1 aromatic carbocycles. The Bertz CT molecular complexity index is 796. The summed E-state index contributed by atoms with van der Waals surface area (Å²) in [6.45, 7) is 3.89. The van der Waals surface area contributed by atoms with Crippen molar-refractivity contribution in [2.75, 3.05) is 17.2 Å². The lowest BCUT2D eigenvalue weighted by atomic mass is 10.0. The van der Waals surface area contributed by atoms with Crippen LogP contribution in [-0.2, 0) is 9.84 Å². The third kappa shape index (κ3) is 2.65. The van der Waals surface area contributed by atoms with E-state index >= 15 is 0 Å². The maximum atomic E-state index is 11.5. The predicted octanol–water partition coefficient (Wildman–Crippen LogP) is 1.84. The zero-order valence-corrected chi connectivity index (χ0v) is 12.8. The summed E-state index contributed by atoms with van der Waals surface area (Å²) in [5.74, 6) is 0.893. The number of aryl methyl sites for hydroxylation is 2. The molecule has 7 heteroatoms. The molecule has 3 rings (SSSR count). The lowest BCUT2D eigenvalue weighted by molar-refractivity contribution is 0.418. The number of benzene rings is 1. The molecule has 1 aromatic heterocycles. The molecular weight excluding hydrogens is 290 g/mol. The summed E-state index contributed by atoms with van der Waals surface area (Å²) in [4.78, 5) is 4.35. The van der Waals surface area contributed by atoms with Gasteiger partial charge in [-0.05, 0) is 37.5 Å². The average Bonchev–Trinajstić information content (AvgIpc) is 3.00. The molecule has 0 saturated carbocycles. The van der Waals surface area contributed by atoms with Gasteiger partial charge in [0.2, 0.25) is 0 Å². The van der Waals surface area contributed by atoms with E-state index in [1.54, 1.807) is 0 Å². The second-order valence-electron chi connectivity index (χ2n) is 5.60. The van der Waals surface area contributed by atoms with Crippen LogP contribution in [0.3, 0.4) is 0 Å². The summed E-state index contributed by atoms with van der Waals surface area (Å²) in [6.07, 6.45) is 0.545. The van der Waals surface area contributed by atoms with Crippen molar-refractivity contribution in [3.8, 4) is 11.5 Å². The van der Waals surface area contributed by atoms with E-state index in [-0.39, 0.29) is 17.4 Å². The fourth-order valence-corrected chi connectivity index (χ4v) is 4.40. The maximum Gasteiger partial charge on any atom is 0.260 e. The summed E-state index contributed by atoms with van der Waals surface area (Å²) in [7, 11) is -2.97. The van der Waals surface area contributed by atoms with Gasteiger partial charge in [0, 0.05) is 11.6 Å². The zero-order chi connectivity index (χ0) is 15.2. The van der Waals surface area contributed by atoms with E-state index < -0.39 is 9.84 Å². The molecule has 2 N–H and O–H groups in total. The summed E-state index contributed by atoms with van der Waals surface area (Å²) in [5, 5.41) is 3.93. The van der Waals surface area contributed by atoms with Gasteiger partial charge in [-0.3, -0.25) is 0 Å². The van der Waals surface area contributed by atoms with Gasteiger partial charge in [-0.15, -0.1) is 0 Å². The van der Waals surface area contributed by atoms with E-state index in [1.165, 1.54) is 0 Å². The molecule has 1 fully saturated rings. The van der Waals surface area contributed by atoms with Crippen molar-refractivity contribution in [2.24, 2.45) is 0 Å². The Labute approximate surface area is 123 Å². The van der Waals surface area contributed by atoms with Gasteiger partial charge in [0.15, 0.2) is 15.7 Å². The minimum Gasteiger partial charge on any atom is -0.398 e. The highest BCUT2D eigenvalue weighted by Gasteiger charge is 2.32. The van der Waals surface area contributed by atoms with Gasteiger partial charge in [-0.2, -0.15) is 4.98 Å². The Morgan fingerprint density at radius 3 is 2.76 bits per heavy atom. The van der Waals surface area contributed by atoms with E-state index in [1.807, 2.05) is 26.0 Å². The minimum atomic E-state index is -2.97. The van der Waals surface area contributed by atoms with Crippen molar-refractivity contribution in [1.82, 2.24) is 10.1 Å². The lowest BCUT2D eigenvalue weighted by Crippen LogP contribution is -2.05. The second-order valence-corrected chi connectivity index (χ2v) is 7.83. The first-order chi connectivity index (χ1) is 9.85. The number of rotatable bonds is 2. The van der Waals surface area contributed by atoms with Crippen LogP contribution in [0.5, 0.6) is 0 Å². The summed E-state index contributed by atoms with van der Waals surface area (Å²) >= 11 is 0. The van der Waals surface area contributed by atoms with Gasteiger partial charge in [0.05, 0.1) is 17.1 Å². The van der Waals surface area contributed by atoms with Crippen LogP contribution in [-0.4, -0.2) is 30.1 Å². The van der Waals surface area contributed by atoms with Crippen LogP contribution >= 0.6 is 0 Å². The Kier molecular flexibility index (Phi) is 3.24. The topological polar surface area (TPSA) is 99.1 Å². The fourth-order valence-electron chi connectivity index (χ4n) is 2.66. The van der Waals surface area contributed by atoms with Crippen LogP contribution in [0.2, 0.25) is 0 Å². The minimum absolute atomic E-state index is 0.0916. The largest absolute Gasteiger partial charge is 0.398 e. The third-order valence-electron chi connectivity index (χ3n) is 3.80. The Hall–Kier alpha value is -1.89. The van der Waals surface area contributed by atoms with Crippen molar-refractivity contribution >= 4 is 15.5 Å². The van der Waals surface area contributed by atoms with E-state index in [0.717, 1.165) is 11.1 Å². The molecule has 1 saturated heterocycles. The van der Waals surface area contributed by atoms with Gasteiger partial charge in [-0.25, -0.2) is 8.42 Å². The van der Waals surface area contributed by atoms with Crippen LogP contribution in [0.15, 0.2) is 16.7 Å². The molecular formula is C14H17N3O3S. The smallest absolute Gasteiger partial charge is 0.260 e. The molecule has 2 heterocycles. The van der Waals surface area contributed by atoms with Gasteiger partial charge < -0.3 is 10.3 Å². The summed E-state index contributed by atoms with van der Waals surface area (Å²) in [5.41, 5.74) is 9.38.